The lowest BCUT2D eigenvalue weighted by atomic mass is 10.1. The van der Waals surface area contributed by atoms with Crippen molar-refractivity contribution < 1.29 is 9.50 Å². The van der Waals surface area contributed by atoms with Crippen LogP contribution in [0.15, 0.2) is 35.1 Å². The molecule has 0 unspecified atom stereocenters. The number of nitrogens with zero attached hydrogens (tertiary/aromatic N) is 2. The van der Waals surface area contributed by atoms with Crippen molar-refractivity contribution in [1.82, 2.24) is 9.47 Å². The predicted octanol–water partition coefficient (Wildman–Crippen LogP) is 0.392. The summed E-state index contributed by atoms with van der Waals surface area (Å²) in [6, 6.07) is 7.65. The van der Waals surface area contributed by atoms with Crippen molar-refractivity contribution in [2.24, 2.45) is 11.7 Å². The Kier molecular flexibility index (Phi) is 4.24. The predicted molar refractivity (Wildman–Crippen MR) is 83.2 cm³/mol. The number of likely N-dealkylation sites (tertiary alicyclic amines) is 1. The Morgan fingerprint density at radius 1 is 1.23 bits per heavy atom. The number of fused-ring (bicyclic) bond motifs is 1. The first-order chi connectivity index (χ1) is 10.6. The van der Waals surface area contributed by atoms with Crippen LogP contribution in [0.2, 0.25) is 0 Å². The van der Waals surface area contributed by atoms with Crippen molar-refractivity contribution >= 4 is 10.9 Å². The standard InChI is InChI=1S/C16H20FN3O2/c17-13-3-1-11-2-4-16(22)20(14(11)7-13)6-5-19-9-12(8-18)15(21)10-19/h1-4,7,12,15,21H,5-6,8-10,18H2/t12-,15+/m0/s1. The van der Waals surface area contributed by atoms with Crippen LogP contribution in [0.3, 0.4) is 0 Å². The lowest BCUT2D eigenvalue weighted by molar-refractivity contribution is 0.144. The summed E-state index contributed by atoms with van der Waals surface area (Å²) in [7, 11) is 0. The van der Waals surface area contributed by atoms with Crippen molar-refractivity contribution in [2.45, 2.75) is 12.6 Å². The molecular formula is C16H20FN3O2. The van der Waals surface area contributed by atoms with Crippen LogP contribution in [0.5, 0.6) is 0 Å². The van der Waals surface area contributed by atoms with Crippen LogP contribution in [0, 0.1) is 11.7 Å². The largest absolute Gasteiger partial charge is 0.391 e. The number of nitrogens with two attached hydrogens (primary N) is 1. The number of aliphatic hydroxyl groups excluding tert-OH is 1. The summed E-state index contributed by atoms with van der Waals surface area (Å²) in [6.45, 7) is 2.84. The normalized spacial score (nSPS) is 22.5. The first kappa shape index (κ1) is 15.1. The number of aromatic nitrogens is 1. The molecule has 3 rings (SSSR count). The van der Waals surface area contributed by atoms with Crippen LogP contribution in [-0.2, 0) is 6.54 Å². The van der Waals surface area contributed by atoms with Gasteiger partial charge in [0.1, 0.15) is 5.82 Å². The average Bonchev–Trinajstić information content (AvgIpc) is 2.86. The van der Waals surface area contributed by atoms with Crippen molar-refractivity contribution in [3.63, 3.8) is 0 Å². The molecule has 1 aliphatic heterocycles. The van der Waals surface area contributed by atoms with Crippen molar-refractivity contribution in [1.29, 1.82) is 0 Å². The Hall–Kier alpha value is -1.76. The van der Waals surface area contributed by atoms with E-state index in [1.807, 2.05) is 0 Å². The van der Waals surface area contributed by atoms with Crippen LogP contribution in [-0.4, -0.2) is 46.9 Å². The lowest BCUT2D eigenvalue weighted by Crippen LogP contribution is -2.30. The summed E-state index contributed by atoms with van der Waals surface area (Å²) < 4.78 is 15.0. The topological polar surface area (TPSA) is 71.5 Å². The van der Waals surface area contributed by atoms with Crippen LogP contribution in [0.4, 0.5) is 4.39 Å². The molecule has 0 spiro atoms. The molecule has 118 valence electrons. The molecule has 22 heavy (non-hydrogen) atoms. The third kappa shape index (κ3) is 2.90. The molecule has 5 nitrogen and oxygen atoms in total. The second kappa shape index (κ2) is 6.16. The number of β-amino-alcohol motifs (C(OH)–C–C–N with tert-alkyl or cyclic N) is 1. The number of benzene rings is 1. The summed E-state index contributed by atoms with van der Waals surface area (Å²) in [5.74, 6) is -0.270. The molecular weight excluding hydrogens is 285 g/mol. The van der Waals surface area contributed by atoms with Gasteiger partial charge in [0, 0.05) is 38.2 Å². The fraction of sp³-hybridized carbons (Fsp3) is 0.438. The van der Waals surface area contributed by atoms with Gasteiger partial charge in [-0.15, -0.1) is 0 Å². The molecule has 0 saturated carbocycles. The van der Waals surface area contributed by atoms with E-state index in [2.05, 4.69) is 4.90 Å². The summed E-state index contributed by atoms with van der Waals surface area (Å²) >= 11 is 0. The van der Waals surface area contributed by atoms with E-state index in [4.69, 9.17) is 5.73 Å². The van der Waals surface area contributed by atoms with Gasteiger partial charge in [-0.05, 0) is 36.2 Å². The van der Waals surface area contributed by atoms with Gasteiger partial charge in [-0.25, -0.2) is 4.39 Å². The summed E-state index contributed by atoms with van der Waals surface area (Å²) in [5, 5.41) is 10.7. The molecule has 2 atom stereocenters. The van der Waals surface area contributed by atoms with Crippen LogP contribution >= 0.6 is 0 Å². The molecule has 3 N–H and O–H groups in total. The number of pyridine rings is 1. The fourth-order valence-corrected chi connectivity index (χ4v) is 3.09. The third-order valence-corrected chi connectivity index (χ3v) is 4.38. The van der Waals surface area contributed by atoms with Gasteiger partial charge < -0.3 is 15.4 Å². The van der Waals surface area contributed by atoms with E-state index in [0.717, 1.165) is 11.9 Å². The van der Waals surface area contributed by atoms with Crippen LogP contribution in [0.25, 0.3) is 10.9 Å². The zero-order valence-corrected chi connectivity index (χ0v) is 12.3. The highest BCUT2D eigenvalue weighted by molar-refractivity contribution is 5.78. The Morgan fingerprint density at radius 2 is 2.00 bits per heavy atom. The van der Waals surface area contributed by atoms with E-state index in [-0.39, 0.29) is 17.3 Å². The van der Waals surface area contributed by atoms with Crippen LogP contribution in [0.1, 0.15) is 0 Å². The van der Waals surface area contributed by atoms with Crippen LogP contribution < -0.4 is 11.3 Å². The van der Waals surface area contributed by atoms with E-state index in [1.54, 1.807) is 16.7 Å². The highest BCUT2D eigenvalue weighted by Gasteiger charge is 2.29. The van der Waals surface area contributed by atoms with Gasteiger partial charge in [-0.3, -0.25) is 9.69 Å². The zero-order chi connectivity index (χ0) is 15.7. The molecule has 6 heteroatoms. The maximum absolute atomic E-state index is 13.5. The average molecular weight is 305 g/mol. The number of hydrogen-bond acceptors (Lipinski definition) is 4. The van der Waals surface area contributed by atoms with E-state index in [1.165, 1.54) is 18.2 Å². The Labute approximate surface area is 127 Å². The van der Waals surface area contributed by atoms with Gasteiger partial charge >= 0.3 is 0 Å². The van der Waals surface area contributed by atoms with Gasteiger partial charge in [-0.1, -0.05) is 0 Å². The van der Waals surface area contributed by atoms with E-state index < -0.39 is 6.10 Å². The third-order valence-electron chi connectivity index (χ3n) is 4.38. The molecule has 0 aliphatic carbocycles. The van der Waals surface area contributed by atoms with Gasteiger partial charge in [0.25, 0.3) is 5.56 Å². The van der Waals surface area contributed by atoms with Gasteiger partial charge in [0.15, 0.2) is 0 Å². The maximum atomic E-state index is 13.5. The molecule has 1 fully saturated rings. The highest BCUT2D eigenvalue weighted by atomic mass is 19.1. The molecule has 0 radical (unpaired) electrons. The summed E-state index contributed by atoms with van der Waals surface area (Å²) in [5.41, 5.74) is 6.08. The summed E-state index contributed by atoms with van der Waals surface area (Å²) in [4.78, 5) is 14.2. The number of hydrogen-bond donors (Lipinski definition) is 2. The van der Waals surface area contributed by atoms with E-state index >= 15 is 0 Å². The SMILES string of the molecule is NC[C@H]1CN(CCn2c(=O)ccc3ccc(F)cc32)C[C@H]1O. The number of halogens is 1. The molecule has 0 bridgehead atoms. The Balaban J connectivity index is 1.81. The fourth-order valence-electron chi connectivity index (χ4n) is 3.09. The minimum atomic E-state index is -0.410. The summed E-state index contributed by atoms with van der Waals surface area (Å²) in [6.07, 6.45) is -0.410. The molecule has 1 aliphatic rings. The minimum absolute atomic E-state index is 0.0849. The van der Waals surface area contributed by atoms with Crippen molar-refractivity contribution in [2.75, 3.05) is 26.2 Å². The maximum Gasteiger partial charge on any atom is 0.251 e. The number of rotatable bonds is 4. The Bertz CT molecular complexity index is 731. The molecule has 1 saturated heterocycles. The highest BCUT2D eigenvalue weighted by Crippen LogP contribution is 2.17. The molecule has 2 heterocycles. The van der Waals surface area contributed by atoms with E-state index in [9.17, 15) is 14.3 Å². The lowest BCUT2D eigenvalue weighted by Gasteiger charge is -2.17. The van der Waals surface area contributed by atoms with Gasteiger partial charge in [0.2, 0.25) is 0 Å². The van der Waals surface area contributed by atoms with Crippen molar-refractivity contribution in [3.8, 4) is 0 Å². The van der Waals surface area contributed by atoms with Crippen molar-refractivity contribution in [3.05, 3.63) is 46.5 Å². The molecule has 0 amide bonds. The Morgan fingerprint density at radius 3 is 2.73 bits per heavy atom. The smallest absolute Gasteiger partial charge is 0.251 e. The monoisotopic (exact) mass is 305 g/mol. The molecule has 1 aromatic carbocycles. The number of aliphatic hydroxyl groups is 1. The molecule has 2 aromatic rings. The quantitative estimate of drug-likeness (QED) is 0.857. The second-order valence-corrected chi connectivity index (χ2v) is 5.85. The van der Waals surface area contributed by atoms with Gasteiger partial charge in [0.05, 0.1) is 11.6 Å². The minimum Gasteiger partial charge on any atom is -0.391 e. The second-order valence-electron chi connectivity index (χ2n) is 5.85. The zero-order valence-electron chi connectivity index (χ0n) is 12.3. The first-order valence-electron chi connectivity index (χ1n) is 7.48. The van der Waals surface area contributed by atoms with Gasteiger partial charge in [-0.2, -0.15) is 0 Å². The van der Waals surface area contributed by atoms with E-state index in [0.29, 0.717) is 31.7 Å². The first-order valence-corrected chi connectivity index (χ1v) is 7.48. The molecule has 1 aromatic heterocycles.